The van der Waals surface area contributed by atoms with Crippen LogP contribution in [0.25, 0.3) is 0 Å². The maximum Gasteiger partial charge on any atom is 0.273 e. The zero-order valence-corrected chi connectivity index (χ0v) is 16.6. The number of para-hydroxylation sites is 1. The third-order valence-electron chi connectivity index (χ3n) is 4.49. The Morgan fingerprint density at radius 2 is 2.10 bits per heavy atom. The number of nitrogens with zero attached hydrogens (tertiary/aromatic N) is 1. The molecule has 1 aliphatic rings. The molecule has 150 valence electrons. The van der Waals surface area contributed by atoms with Crippen LogP contribution in [-0.4, -0.2) is 29.6 Å². The molecule has 0 spiro atoms. The van der Waals surface area contributed by atoms with Crippen molar-refractivity contribution in [2.24, 2.45) is 0 Å². The molecule has 3 rings (SSSR count). The molecule has 0 aliphatic carbocycles. The summed E-state index contributed by atoms with van der Waals surface area (Å²) in [7, 11) is 0. The number of nitro benzene ring substituents is 1. The highest BCUT2D eigenvalue weighted by Gasteiger charge is 2.32. The molecule has 0 fully saturated rings. The Hall–Kier alpha value is -3.53. The van der Waals surface area contributed by atoms with Gasteiger partial charge in [-0.05, 0) is 32.9 Å². The summed E-state index contributed by atoms with van der Waals surface area (Å²) in [6.45, 7) is 5.95. The van der Waals surface area contributed by atoms with Gasteiger partial charge >= 0.3 is 0 Å². The summed E-state index contributed by atoms with van der Waals surface area (Å²) >= 11 is 0. The van der Waals surface area contributed by atoms with Crippen molar-refractivity contribution in [3.05, 3.63) is 63.2 Å². The molecule has 0 aromatic heterocycles. The molecule has 0 saturated carbocycles. The second-order valence-corrected chi connectivity index (χ2v) is 7.37. The fourth-order valence-electron chi connectivity index (χ4n) is 3.10. The summed E-state index contributed by atoms with van der Waals surface area (Å²) in [6, 6.07) is 10.1. The molecule has 1 heterocycles. The van der Waals surface area contributed by atoms with E-state index in [0.29, 0.717) is 11.3 Å². The lowest BCUT2D eigenvalue weighted by molar-refractivity contribution is -0.385. The molecule has 1 aliphatic heterocycles. The SMILES string of the molecule is Cc1ccc(C(=O)NCC#CCOc2cccc3c2OC(C)(C)C3)cc1[N+](=O)[O-]. The first-order valence-corrected chi connectivity index (χ1v) is 9.19. The number of aryl methyl sites for hydroxylation is 1. The van der Waals surface area contributed by atoms with Crippen LogP contribution in [0.3, 0.4) is 0 Å². The zero-order chi connectivity index (χ0) is 21.0. The van der Waals surface area contributed by atoms with E-state index in [-0.39, 0.29) is 30.0 Å². The molecule has 0 atom stereocenters. The van der Waals surface area contributed by atoms with Gasteiger partial charge in [-0.25, -0.2) is 0 Å². The number of rotatable bonds is 5. The number of carbonyl (C=O) groups excluding carboxylic acids is 1. The second kappa shape index (κ2) is 8.23. The predicted octanol–water partition coefficient (Wildman–Crippen LogP) is 3.43. The quantitative estimate of drug-likeness (QED) is 0.477. The van der Waals surface area contributed by atoms with E-state index in [9.17, 15) is 14.9 Å². The van der Waals surface area contributed by atoms with Crippen molar-refractivity contribution in [3.63, 3.8) is 0 Å². The summed E-state index contributed by atoms with van der Waals surface area (Å²) in [5.74, 6) is 6.64. The second-order valence-electron chi connectivity index (χ2n) is 7.37. The normalized spacial score (nSPS) is 13.5. The van der Waals surface area contributed by atoms with E-state index in [0.717, 1.165) is 17.7 Å². The van der Waals surface area contributed by atoms with E-state index < -0.39 is 10.8 Å². The average molecular weight is 394 g/mol. The lowest BCUT2D eigenvalue weighted by atomic mass is 10.0. The standard InChI is InChI=1S/C22H22N2O5/c1-15-9-10-16(13-18(15)24(26)27)21(25)23-11-4-5-12-28-19-8-6-7-17-14-22(2,3)29-20(17)19/h6-10,13H,11-12,14H2,1-3H3,(H,23,25). The van der Waals surface area contributed by atoms with Crippen LogP contribution in [0, 0.1) is 28.9 Å². The first kappa shape index (κ1) is 20.2. The molecule has 7 heteroatoms. The molecule has 0 bridgehead atoms. The number of benzene rings is 2. The summed E-state index contributed by atoms with van der Waals surface area (Å²) in [5.41, 5.74) is 1.50. The van der Waals surface area contributed by atoms with Crippen molar-refractivity contribution < 1.29 is 19.2 Å². The Kier molecular flexibility index (Phi) is 5.74. The number of hydrogen-bond donors (Lipinski definition) is 1. The van der Waals surface area contributed by atoms with Crippen molar-refractivity contribution in [3.8, 4) is 23.3 Å². The van der Waals surface area contributed by atoms with Gasteiger partial charge in [-0.3, -0.25) is 14.9 Å². The Labute approximate surface area is 169 Å². The molecule has 1 amide bonds. The predicted molar refractivity (Wildman–Crippen MR) is 108 cm³/mol. The zero-order valence-electron chi connectivity index (χ0n) is 16.6. The Morgan fingerprint density at radius 1 is 1.31 bits per heavy atom. The minimum absolute atomic E-state index is 0.0853. The van der Waals surface area contributed by atoms with Gasteiger partial charge in [0.05, 0.1) is 11.5 Å². The minimum Gasteiger partial charge on any atom is -0.483 e. The van der Waals surface area contributed by atoms with Crippen LogP contribution in [0.4, 0.5) is 5.69 Å². The van der Waals surface area contributed by atoms with Gasteiger partial charge in [0.2, 0.25) is 0 Å². The number of ether oxygens (including phenoxy) is 2. The topological polar surface area (TPSA) is 90.7 Å². The van der Waals surface area contributed by atoms with E-state index in [1.54, 1.807) is 19.1 Å². The molecule has 7 nitrogen and oxygen atoms in total. The highest BCUT2D eigenvalue weighted by molar-refractivity contribution is 5.95. The number of carbonyl (C=O) groups is 1. The lowest BCUT2D eigenvalue weighted by Crippen LogP contribution is -2.24. The van der Waals surface area contributed by atoms with Crippen LogP contribution < -0.4 is 14.8 Å². The van der Waals surface area contributed by atoms with Crippen LogP contribution in [0.1, 0.15) is 35.3 Å². The average Bonchev–Trinajstić information content (AvgIpc) is 2.99. The number of fused-ring (bicyclic) bond motifs is 1. The van der Waals surface area contributed by atoms with Gasteiger partial charge in [-0.2, -0.15) is 0 Å². The smallest absolute Gasteiger partial charge is 0.273 e. The molecule has 29 heavy (non-hydrogen) atoms. The highest BCUT2D eigenvalue weighted by Crippen LogP contribution is 2.41. The molecule has 0 unspecified atom stereocenters. The first-order chi connectivity index (χ1) is 13.8. The number of nitrogens with one attached hydrogen (secondary N) is 1. The third-order valence-corrected chi connectivity index (χ3v) is 4.49. The fraction of sp³-hybridized carbons (Fsp3) is 0.318. The number of amides is 1. The maximum absolute atomic E-state index is 12.1. The lowest BCUT2D eigenvalue weighted by Gasteiger charge is -2.17. The van der Waals surface area contributed by atoms with Crippen LogP contribution in [0.5, 0.6) is 11.5 Å². The molecular formula is C22H22N2O5. The molecule has 0 radical (unpaired) electrons. The van der Waals surface area contributed by atoms with Crippen LogP contribution in [0.15, 0.2) is 36.4 Å². The Bertz CT molecular complexity index is 1020. The molecule has 2 aromatic carbocycles. The Balaban J connectivity index is 1.51. The van der Waals surface area contributed by atoms with Gasteiger partial charge in [0.1, 0.15) is 12.2 Å². The molecule has 2 aromatic rings. The highest BCUT2D eigenvalue weighted by atomic mass is 16.6. The van der Waals surface area contributed by atoms with Crippen molar-refractivity contribution >= 4 is 11.6 Å². The van der Waals surface area contributed by atoms with Crippen molar-refractivity contribution in [1.29, 1.82) is 0 Å². The summed E-state index contributed by atoms with van der Waals surface area (Å²) in [6.07, 6.45) is 0.828. The monoisotopic (exact) mass is 394 g/mol. The molecule has 0 saturated heterocycles. The fourth-order valence-corrected chi connectivity index (χ4v) is 3.10. The van der Waals surface area contributed by atoms with E-state index in [1.165, 1.54) is 6.07 Å². The van der Waals surface area contributed by atoms with E-state index in [1.807, 2.05) is 32.0 Å². The van der Waals surface area contributed by atoms with E-state index in [4.69, 9.17) is 9.47 Å². The van der Waals surface area contributed by atoms with Gasteiger partial charge < -0.3 is 14.8 Å². The van der Waals surface area contributed by atoms with Gasteiger partial charge in [0, 0.05) is 29.2 Å². The third kappa shape index (κ3) is 4.85. The van der Waals surface area contributed by atoms with E-state index in [2.05, 4.69) is 17.2 Å². The summed E-state index contributed by atoms with van der Waals surface area (Å²) < 4.78 is 11.6. The minimum atomic E-state index is -0.506. The van der Waals surface area contributed by atoms with E-state index >= 15 is 0 Å². The first-order valence-electron chi connectivity index (χ1n) is 9.19. The summed E-state index contributed by atoms with van der Waals surface area (Å²) in [5, 5.41) is 13.6. The van der Waals surface area contributed by atoms with Crippen molar-refractivity contribution in [2.45, 2.75) is 32.8 Å². The molecular weight excluding hydrogens is 372 g/mol. The van der Waals surface area contributed by atoms with Crippen LogP contribution >= 0.6 is 0 Å². The van der Waals surface area contributed by atoms with Gasteiger partial charge in [0.25, 0.3) is 11.6 Å². The van der Waals surface area contributed by atoms with Crippen molar-refractivity contribution in [2.75, 3.05) is 13.2 Å². The maximum atomic E-state index is 12.1. The van der Waals surface area contributed by atoms with Crippen molar-refractivity contribution in [1.82, 2.24) is 5.32 Å². The van der Waals surface area contributed by atoms with Crippen LogP contribution in [0.2, 0.25) is 0 Å². The number of hydrogen-bond acceptors (Lipinski definition) is 5. The summed E-state index contributed by atoms with van der Waals surface area (Å²) in [4.78, 5) is 22.6. The molecule has 1 N–H and O–H groups in total. The van der Waals surface area contributed by atoms with Gasteiger partial charge in [0.15, 0.2) is 11.5 Å². The largest absolute Gasteiger partial charge is 0.483 e. The van der Waals surface area contributed by atoms with Crippen LogP contribution in [-0.2, 0) is 6.42 Å². The van der Waals surface area contributed by atoms with Gasteiger partial charge in [-0.1, -0.05) is 30.0 Å². The van der Waals surface area contributed by atoms with Gasteiger partial charge in [-0.15, -0.1) is 0 Å². The number of nitro groups is 1. The Morgan fingerprint density at radius 3 is 2.86 bits per heavy atom.